The number of fused-ring (bicyclic) bond motifs is 2. The fraction of sp³-hybridized carbons (Fsp3) is 0.429. The molecule has 0 spiro atoms. The summed E-state index contributed by atoms with van der Waals surface area (Å²) in [5.41, 5.74) is 5.67. The van der Waals surface area contributed by atoms with E-state index in [1.54, 1.807) is 14.2 Å². The lowest BCUT2D eigenvalue weighted by molar-refractivity contribution is 0.414. The Bertz CT molecular complexity index is 655. The second-order valence-electron chi connectivity index (χ2n) is 6.61. The van der Waals surface area contributed by atoms with Gasteiger partial charge in [0.1, 0.15) is 11.5 Å². The molecule has 3 heteroatoms. The number of nitrogens with one attached hydrogen (secondary N) is 1. The Hall–Kier alpha value is -2.00. The molecule has 0 aromatic heterocycles. The first-order valence-corrected chi connectivity index (χ1v) is 8.67. The maximum atomic E-state index is 5.44. The predicted molar refractivity (Wildman–Crippen MR) is 98.4 cm³/mol. The highest BCUT2D eigenvalue weighted by molar-refractivity contribution is 5.49. The van der Waals surface area contributed by atoms with Crippen molar-refractivity contribution >= 4 is 0 Å². The van der Waals surface area contributed by atoms with E-state index in [9.17, 15) is 0 Å². The number of benzene rings is 2. The Morgan fingerprint density at radius 2 is 1.46 bits per heavy atom. The largest absolute Gasteiger partial charge is 0.497 e. The Kier molecular flexibility index (Phi) is 5.10. The first-order chi connectivity index (χ1) is 11.7. The monoisotopic (exact) mass is 325 g/mol. The van der Waals surface area contributed by atoms with Crippen LogP contribution in [0.25, 0.3) is 0 Å². The van der Waals surface area contributed by atoms with Crippen LogP contribution in [0.4, 0.5) is 0 Å². The summed E-state index contributed by atoms with van der Waals surface area (Å²) < 4.78 is 10.9. The van der Waals surface area contributed by atoms with Crippen LogP contribution in [0.2, 0.25) is 0 Å². The van der Waals surface area contributed by atoms with Crippen LogP contribution in [0, 0.1) is 0 Å². The Balaban J connectivity index is 2.09. The van der Waals surface area contributed by atoms with Crippen LogP contribution >= 0.6 is 0 Å². The summed E-state index contributed by atoms with van der Waals surface area (Å²) in [4.78, 5) is 0. The van der Waals surface area contributed by atoms with E-state index >= 15 is 0 Å². The summed E-state index contributed by atoms with van der Waals surface area (Å²) in [6, 6.07) is 13.5. The average Bonchev–Trinajstić information content (AvgIpc) is 2.77. The molecule has 24 heavy (non-hydrogen) atoms. The van der Waals surface area contributed by atoms with E-state index in [2.05, 4.69) is 48.6 Å². The van der Waals surface area contributed by atoms with Crippen LogP contribution in [-0.2, 0) is 12.8 Å². The van der Waals surface area contributed by atoms with Gasteiger partial charge >= 0.3 is 0 Å². The molecule has 2 aromatic carbocycles. The Morgan fingerprint density at radius 3 is 1.88 bits per heavy atom. The van der Waals surface area contributed by atoms with Gasteiger partial charge in [-0.3, -0.25) is 0 Å². The number of hydrogen-bond donors (Lipinski definition) is 1. The van der Waals surface area contributed by atoms with E-state index in [4.69, 9.17) is 9.47 Å². The van der Waals surface area contributed by atoms with E-state index in [0.717, 1.165) is 30.8 Å². The zero-order chi connectivity index (χ0) is 17.1. The molecule has 0 amide bonds. The fourth-order valence-electron chi connectivity index (χ4n) is 3.69. The zero-order valence-corrected chi connectivity index (χ0v) is 15.1. The maximum Gasteiger partial charge on any atom is 0.119 e. The zero-order valence-electron chi connectivity index (χ0n) is 15.1. The highest BCUT2D eigenvalue weighted by Gasteiger charge is 2.25. The van der Waals surface area contributed by atoms with Crippen molar-refractivity contribution in [1.29, 1.82) is 0 Å². The third kappa shape index (κ3) is 3.27. The molecule has 0 saturated carbocycles. The maximum absolute atomic E-state index is 5.44. The van der Waals surface area contributed by atoms with Crippen LogP contribution in [0.1, 0.15) is 41.5 Å². The van der Waals surface area contributed by atoms with Gasteiger partial charge in [-0.25, -0.2) is 0 Å². The van der Waals surface area contributed by atoms with Gasteiger partial charge in [0.05, 0.1) is 14.2 Å². The quantitative estimate of drug-likeness (QED) is 0.903. The van der Waals surface area contributed by atoms with E-state index in [-0.39, 0.29) is 0 Å². The average molecular weight is 325 g/mol. The van der Waals surface area contributed by atoms with Gasteiger partial charge in [0.25, 0.3) is 0 Å². The predicted octanol–water partition coefficient (Wildman–Crippen LogP) is 3.93. The molecule has 0 radical (unpaired) electrons. The lowest BCUT2D eigenvalue weighted by Crippen LogP contribution is -2.24. The van der Waals surface area contributed by atoms with Gasteiger partial charge in [0.2, 0.25) is 0 Å². The minimum Gasteiger partial charge on any atom is -0.497 e. The molecule has 3 nitrogen and oxygen atoms in total. The molecule has 0 bridgehead atoms. The van der Waals surface area contributed by atoms with Crippen LogP contribution in [0.3, 0.4) is 0 Å². The number of hydrogen-bond acceptors (Lipinski definition) is 3. The van der Waals surface area contributed by atoms with Gasteiger partial charge in [-0.1, -0.05) is 12.1 Å². The van der Waals surface area contributed by atoms with E-state index in [1.807, 2.05) is 7.05 Å². The van der Waals surface area contributed by atoms with Crippen LogP contribution in [-0.4, -0.2) is 27.3 Å². The Labute approximate surface area is 145 Å². The van der Waals surface area contributed by atoms with Crippen molar-refractivity contribution in [2.45, 2.75) is 38.1 Å². The first kappa shape index (κ1) is 16.8. The number of rotatable bonds is 5. The molecule has 0 saturated heterocycles. The van der Waals surface area contributed by atoms with Crippen molar-refractivity contribution in [3.63, 3.8) is 0 Å². The topological polar surface area (TPSA) is 30.5 Å². The van der Waals surface area contributed by atoms with E-state index in [1.165, 1.54) is 22.3 Å². The standard InChI is InChI=1S/C21H27NO2/c1-14(22-2)11-21-19-9-7-17(23-3)12-15(19)5-6-16-13-18(24-4)8-10-20(16)21/h7-10,12-14,21-22H,5-6,11H2,1-4H3. The lowest BCUT2D eigenvalue weighted by atomic mass is 9.83. The molecule has 0 aliphatic heterocycles. The first-order valence-electron chi connectivity index (χ1n) is 8.67. The molecule has 1 aliphatic carbocycles. The number of methoxy groups -OCH3 is 2. The molecule has 0 fully saturated rings. The molecule has 1 unspecified atom stereocenters. The second-order valence-corrected chi connectivity index (χ2v) is 6.61. The normalized spacial score (nSPS) is 15.2. The van der Waals surface area contributed by atoms with Gasteiger partial charge in [-0.05, 0) is 79.8 Å². The molecule has 128 valence electrons. The van der Waals surface area contributed by atoms with Gasteiger partial charge in [-0.2, -0.15) is 0 Å². The van der Waals surface area contributed by atoms with E-state index < -0.39 is 0 Å². The molecule has 3 rings (SSSR count). The van der Waals surface area contributed by atoms with Crippen molar-refractivity contribution in [2.24, 2.45) is 0 Å². The van der Waals surface area contributed by atoms with Crippen molar-refractivity contribution in [3.05, 3.63) is 58.7 Å². The highest BCUT2D eigenvalue weighted by Crippen LogP contribution is 2.39. The van der Waals surface area contributed by atoms with Gasteiger partial charge in [0, 0.05) is 12.0 Å². The smallest absolute Gasteiger partial charge is 0.119 e. The van der Waals surface area contributed by atoms with Crippen LogP contribution in [0.15, 0.2) is 36.4 Å². The molecule has 1 N–H and O–H groups in total. The van der Waals surface area contributed by atoms with Gasteiger partial charge < -0.3 is 14.8 Å². The molecule has 0 heterocycles. The van der Waals surface area contributed by atoms with Crippen molar-refractivity contribution in [2.75, 3.05) is 21.3 Å². The molecule has 1 aliphatic rings. The summed E-state index contributed by atoms with van der Waals surface area (Å²) >= 11 is 0. The Morgan fingerprint density at radius 1 is 0.958 bits per heavy atom. The summed E-state index contributed by atoms with van der Waals surface area (Å²) in [5.74, 6) is 2.28. The van der Waals surface area contributed by atoms with Crippen molar-refractivity contribution in [1.82, 2.24) is 5.32 Å². The fourth-order valence-corrected chi connectivity index (χ4v) is 3.69. The van der Waals surface area contributed by atoms with E-state index in [0.29, 0.717) is 12.0 Å². The highest BCUT2D eigenvalue weighted by atomic mass is 16.5. The van der Waals surface area contributed by atoms with Crippen molar-refractivity contribution in [3.8, 4) is 11.5 Å². The van der Waals surface area contributed by atoms with Gasteiger partial charge in [-0.15, -0.1) is 0 Å². The van der Waals surface area contributed by atoms with Gasteiger partial charge in [0.15, 0.2) is 0 Å². The minimum absolute atomic E-state index is 0.400. The molecule has 2 aromatic rings. The third-order valence-electron chi connectivity index (χ3n) is 5.20. The minimum atomic E-state index is 0.400. The SMILES string of the molecule is CNC(C)CC1c2ccc(OC)cc2CCc2cc(OC)ccc21. The number of aryl methyl sites for hydroxylation is 2. The summed E-state index contributed by atoms with van der Waals surface area (Å²) in [6.45, 7) is 2.25. The summed E-state index contributed by atoms with van der Waals surface area (Å²) in [5, 5.41) is 3.39. The second kappa shape index (κ2) is 7.27. The summed E-state index contributed by atoms with van der Waals surface area (Å²) in [6.07, 6.45) is 3.16. The lowest BCUT2D eigenvalue weighted by Gasteiger charge is -2.24. The molecule has 1 atom stereocenters. The number of ether oxygens (including phenoxy) is 2. The summed E-state index contributed by atoms with van der Waals surface area (Å²) in [7, 11) is 5.50. The molecular formula is C21H27NO2. The molecular weight excluding hydrogens is 298 g/mol. The van der Waals surface area contributed by atoms with Crippen molar-refractivity contribution < 1.29 is 9.47 Å². The third-order valence-corrected chi connectivity index (χ3v) is 5.20. The van der Waals surface area contributed by atoms with Crippen LogP contribution < -0.4 is 14.8 Å². The van der Waals surface area contributed by atoms with Crippen LogP contribution in [0.5, 0.6) is 11.5 Å².